The number of ether oxygens (including phenoxy) is 2. The molecule has 0 fully saturated rings. The summed E-state index contributed by atoms with van der Waals surface area (Å²) in [6.07, 6.45) is 0. The van der Waals surface area contributed by atoms with Crippen LogP contribution in [0.25, 0.3) is 33.0 Å². The zero-order valence-electron chi connectivity index (χ0n) is 16.8. The molecular formula is C24H18N2O4S. The Hall–Kier alpha value is -3.84. The zero-order chi connectivity index (χ0) is 21.4. The maximum atomic E-state index is 12.6. The lowest BCUT2D eigenvalue weighted by atomic mass is 10.0. The van der Waals surface area contributed by atoms with E-state index in [2.05, 4.69) is 10.3 Å². The van der Waals surface area contributed by atoms with Crippen LogP contribution in [0.1, 0.15) is 0 Å². The lowest BCUT2D eigenvalue weighted by Gasteiger charge is -2.09. The average Bonchev–Trinajstić information content (AvgIpc) is 3.26. The fourth-order valence-electron chi connectivity index (χ4n) is 3.54. The zero-order valence-corrected chi connectivity index (χ0v) is 17.7. The van der Waals surface area contributed by atoms with Gasteiger partial charge < -0.3 is 19.2 Å². The van der Waals surface area contributed by atoms with Gasteiger partial charge in [-0.2, -0.15) is 0 Å². The van der Waals surface area contributed by atoms with E-state index in [1.807, 2.05) is 66.0 Å². The van der Waals surface area contributed by atoms with Gasteiger partial charge in [-0.15, -0.1) is 11.3 Å². The minimum Gasteiger partial charge on any atom is -0.493 e. The number of nitrogens with zero attached hydrogens (tertiary/aromatic N) is 1. The van der Waals surface area contributed by atoms with Crippen molar-refractivity contribution >= 4 is 43.9 Å². The molecule has 2 aromatic heterocycles. The Kier molecular flexibility index (Phi) is 4.80. The van der Waals surface area contributed by atoms with Gasteiger partial charge in [-0.3, -0.25) is 0 Å². The number of aromatic nitrogens is 1. The van der Waals surface area contributed by atoms with Crippen molar-refractivity contribution in [2.75, 3.05) is 19.5 Å². The smallest absolute Gasteiger partial charge is 0.345 e. The fourth-order valence-corrected chi connectivity index (χ4v) is 4.27. The number of nitrogens with one attached hydrogen (secondary N) is 1. The summed E-state index contributed by atoms with van der Waals surface area (Å²) in [5.41, 5.74) is 1.95. The second-order valence-corrected chi connectivity index (χ2v) is 7.74. The topological polar surface area (TPSA) is 73.6 Å². The highest BCUT2D eigenvalue weighted by molar-refractivity contribution is 7.14. The van der Waals surface area contributed by atoms with Crippen molar-refractivity contribution in [1.82, 2.24) is 4.98 Å². The molecule has 0 unspecified atom stereocenters. The average molecular weight is 430 g/mol. The van der Waals surface area contributed by atoms with Crippen LogP contribution in [-0.2, 0) is 0 Å². The first-order valence-electron chi connectivity index (χ1n) is 9.57. The Balaban J connectivity index is 1.53. The molecule has 3 aromatic carbocycles. The first kappa shape index (κ1) is 19.1. The van der Waals surface area contributed by atoms with Gasteiger partial charge in [0.15, 0.2) is 16.6 Å². The fraction of sp³-hybridized carbons (Fsp3) is 0.0833. The van der Waals surface area contributed by atoms with Crippen molar-refractivity contribution in [2.24, 2.45) is 0 Å². The molecule has 0 saturated heterocycles. The molecular weight excluding hydrogens is 412 g/mol. The summed E-state index contributed by atoms with van der Waals surface area (Å²) in [5, 5.41) is 8.74. The molecule has 0 aliphatic heterocycles. The van der Waals surface area contributed by atoms with Gasteiger partial charge in [0.25, 0.3) is 0 Å². The minimum absolute atomic E-state index is 0.411. The third-order valence-electron chi connectivity index (χ3n) is 5.06. The molecule has 0 spiro atoms. The Morgan fingerprint density at radius 2 is 1.77 bits per heavy atom. The Morgan fingerprint density at radius 1 is 0.935 bits per heavy atom. The summed E-state index contributed by atoms with van der Waals surface area (Å²) < 4.78 is 16.2. The molecule has 0 aliphatic rings. The molecule has 0 radical (unpaired) electrons. The number of hydrogen-bond acceptors (Lipinski definition) is 7. The quantitative estimate of drug-likeness (QED) is 0.279. The first-order chi connectivity index (χ1) is 15.2. The van der Waals surface area contributed by atoms with Gasteiger partial charge in [-0.1, -0.05) is 30.3 Å². The van der Waals surface area contributed by atoms with Gasteiger partial charge in [0.1, 0.15) is 5.58 Å². The van der Waals surface area contributed by atoms with Crippen LogP contribution in [0.4, 0.5) is 10.8 Å². The van der Waals surface area contributed by atoms with E-state index in [4.69, 9.17) is 13.9 Å². The van der Waals surface area contributed by atoms with E-state index in [1.54, 1.807) is 14.2 Å². The molecule has 5 aromatic rings. The molecule has 154 valence electrons. The van der Waals surface area contributed by atoms with Gasteiger partial charge in [-0.25, -0.2) is 9.78 Å². The largest absolute Gasteiger partial charge is 0.493 e. The van der Waals surface area contributed by atoms with E-state index in [-0.39, 0.29) is 0 Å². The van der Waals surface area contributed by atoms with Crippen molar-refractivity contribution in [3.8, 4) is 22.8 Å². The minimum atomic E-state index is -0.411. The van der Waals surface area contributed by atoms with Crippen LogP contribution in [0.5, 0.6) is 11.5 Å². The number of benzene rings is 3. The lowest BCUT2D eigenvalue weighted by molar-refractivity contribution is 0.355. The maximum absolute atomic E-state index is 12.6. The molecule has 0 aliphatic carbocycles. The van der Waals surface area contributed by atoms with Crippen molar-refractivity contribution < 1.29 is 13.9 Å². The Labute approximate surface area is 181 Å². The van der Waals surface area contributed by atoms with Gasteiger partial charge in [0.05, 0.1) is 25.5 Å². The first-order valence-corrected chi connectivity index (χ1v) is 10.4. The predicted octanol–water partition coefficient (Wildman–Crippen LogP) is 5.83. The van der Waals surface area contributed by atoms with E-state index in [0.717, 1.165) is 21.8 Å². The standard InChI is InChI=1S/C24H18N2O4S/c1-28-21-10-8-15(11-22(21)29-2)25-24-26-19(13-31-24)18-12-17-16-6-4-3-5-14(16)7-9-20(17)30-23(18)27/h3-13H,1-2H3,(H,25,26). The number of thiazole rings is 1. The van der Waals surface area contributed by atoms with E-state index in [9.17, 15) is 4.79 Å². The number of rotatable bonds is 5. The summed E-state index contributed by atoms with van der Waals surface area (Å²) in [6, 6.07) is 19.2. The van der Waals surface area contributed by atoms with Crippen LogP contribution < -0.4 is 20.4 Å². The number of anilines is 2. The van der Waals surface area contributed by atoms with Gasteiger partial charge in [0.2, 0.25) is 0 Å². The van der Waals surface area contributed by atoms with Crippen LogP contribution in [-0.4, -0.2) is 19.2 Å². The summed E-state index contributed by atoms with van der Waals surface area (Å²) in [4.78, 5) is 17.2. The molecule has 5 rings (SSSR count). The maximum Gasteiger partial charge on any atom is 0.345 e. The predicted molar refractivity (Wildman–Crippen MR) is 124 cm³/mol. The van der Waals surface area contributed by atoms with Crippen LogP contribution in [0, 0.1) is 0 Å². The number of hydrogen-bond donors (Lipinski definition) is 1. The molecule has 0 atom stereocenters. The van der Waals surface area contributed by atoms with Crippen molar-refractivity contribution in [3.05, 3.63) is 76.5 Å². The molecule has 31 heavy (non-hydrogen) atoms. The van der Waals surface area contributed by atoms with Gasteiger partial charge in [-0.05, 0) is 35.0 Å². The summed E-state index contributed by atoms with van der Waals surface area (Å²) in [6.45, 7) is 0. The van der Waals surface area contributed by atoms with Crippen LogP contribution in [0.3, 0.4) is 0 Å². The second kappa shape index (κ2) is 7.77. The number of methoxy groups -OCH3 is 2. The molecule has 7 heteroatoms. The summed E-state index contributed by atoms with van der Waals surface area (Å²) >= 11 is 1.41. The molecule has 0 bridgehead atoms. The third-order valence-corrected chi connectivity index (χ3v) is 5.81. The summed E-state index contributed by atoms with van der Waals surface area (Å²) in [5.74, 6) is 1.26. The lowest BCUT2D eigenvalue weighted by Crippen LogP contribution is -2.03. The van der Waals surface area contributed by atoms with Gasteiger partial charge >= 0.3 is 5.63 Å². The highest BCUT2D eigenvalue weighted by Gasteiger charge is 2.14. The highest BCUT2D eigenvalue weighted by atomic mass is 32.1. The Bertz CT molecular complexity index is 1470. The third kappa shape index (κ3) is 3.49. The number of fused-ring (bicyclic) bond motifs is 3. The van der Waals surface area contributed by atoms with Crippen LogP contribution in [0.2, 0.25) is 0 Å². The van der Waals surface area contributed by atoms with E-state index >= 15 is 0 Å². The Morgan fingerprint density at radius 3 is 2.61 bits per heavy atom. The second-order valence-electron chi connectivity index (χ2n) is 6.88. The van der Waals surface area contributed by atoms with Crippen molar-refractivity contribution in [3.63, 3.8) is 0 Å². The molecule has 6 nitrogen and oxygen atoms in total. The molecule has 0 saturated carbocycles. The SMILES string of the molecule is COc1ccc(Nc2nc(-c3cc4c(ccc5ccccc54)oc3=O)cs2)cc1OC. The normalized spacial score (nSPS) is 11.0. The van der Waals surface area contributed by atoms with Gasteiger partial charge in [0, 0.05) is 22.5 Å². The van der Waals surface area contributed by atoms with E-state index < -0.39 is 5.63 Å². The van der Waals surface area contributed by atoms with Crippen LogP contribution >= 0.6 is 11.3 Å². The highest BCUT2D eigenvalue weighted by Crippen LogP contribution is 2.33. The van der Waals surface area contributed by atoms with Crippen molar-refractivity contribution in [1.29, 1.82) is 0 Å². The van der Waals surface area contributed by atoms with E-state index in [1.165, 1.54) is 11.3 Å². The van der Waals surface area contributed by atoms with Crippen molar-refractivity contribution in [2.45, 2.75) is 0 Å². The van der Waals surface area contributed by atoms with E-state index in [0.29, 0.717) is 33.5 Å². The monoisotopic (exact) mass is 430 g/mol. The molecule has 2 heterocycles. The summed E-state index contributed by atoms with van der Waals surface area (Å²) in [7, 11) is 3.18. The molecule has 0 amide bonds. The van der Waals surface area contributed by atoms with Crippen LogP contribution in [0.15, 0.2) is 75.3 Å². The molecule has 1 N–H and O–H groups in total.